The van der Waals surface area contributed by atoms with E-state index >= 15 is 0 Å². The van der Waals surface area contributed by atoms with Gasteiger partial charge in [-0.2, -0.15) is 0 Å². The first-order valence-electron chi connectivity index (χ1n) is 5.64. The number of hydrogen-bond donors (Lipinski definition) is 1. The molecule has 1 rings (SSSR count). The van der Waals surface area contributed by atoms with E-state index in [2.05, 4.69) is 5.32 Å². The summed E-state index contributed by atoms with van der Waals surface area (Å²) in [5.74, 6) is 1.08. The van der Waals surface area contributed by atoms with Gasteiger partial charge >= 0.3 is 0 Å². The third-order valence-corrected chi connectivity index (χ3v) is 3.10. The molecule has 0 aliphatic carbocycles. The zero-order valence-corrected chi connectivity index (χ0v) is 9.38. The Morgan fingerprint density at radius 1 is 1.43 bits per heavy atom. The molecule has 3 heteroatoms. The smallest absolute Gasteiger partial charge is 0.219 e. The summed E-state index contributed by atoms with van der Waals surface area (Å²) in [6.07, 6.45) is 4.97. The van der Waals surface area contributed by atoms with E-state index in [1.54, 1.807) is 6.92 Å². The number of hydrogen-bond acceptors (Lipinski definition) is 2. The Morgan fingerprint density at radius 2 is 2.07 bits per heavy atom. The number of amides is 1. The maximum Gasteiger partial charge on any atom is 0.219 e. The van der Waals surface area contributed by atoms with E-state index in [4.69, 9.17) is 0 Å². The molecule has 82 valence electrons. The van der Waals surface area contributed by atoms with E-state index in [-0.39, 0.29) is 5.91 Å². The molecule has 0 unspecified atom stereocenters. The molecule has 0 bridgehead atoms. The fourth-order valence-electron chi connectivity index (χ4n) is 2.10. The molecule has 0 aromatic rings. The fourth-order valence-corrected chi connectivity index (χ4v) is 2.10. The van der Waals surface area contributed by atoms with Crippen molar-refractivity contribution >= 4 is 5.91 Å². The number of likely N-dealkylation sites (tertiary alicyclic amines) is 1. The Bertz CT molecular complexity index is 174. The molecule has 1 aliphatic rings. The van der Waals surface area contributed by atoms with Crippen LogP contribution in [0.2, 0.25) is 0 Å². The number of piperidine rings is 1. The molecule has 1 aliphatic heterocycles. The largest absolute Gasteiger partial charge is 0.343 e. The minimum absolute atomic E-state index is 0.235. The molecule has 1 saturated heterocycles. The molecular weight excluding hydrogens is 176 g/mol. The van der Waals surface area contributed by atoms with E-state index in [0.717, 1.165) is 25.6 Å². The van der Waals surface area contributed by atoms with Gasteiger partial charge in [0.25, 0.3) is 0 Å². The molecule has 1 fully saturated rings. The molecule has 0 saturated carbocycles. The quantitative estimate of drug-likeness (QED) is 0.689. The van der Waals surface area contributed by atoms with Crippen molar-refractivity contribution in [2.75, 3.05) is 26.7 Å². The van der Waals surface area contributed by atoms with Crippen molar-refractivity contribution in [1.29, 1.82) is 0 Å². The third-order valence-electron chi connectivity index (χ3n) is 3.10. The van der Waals surface area contributed by atoms with Crippen LogP contribution in [0, 0.1) is 5.92 Å². The van der Waals surface area contributed by atoms with Crippen molar-refractivity contribution in [3.05, 3.63) is 0 Å². The molecular formula is C11H22N2O. The summed E-state index contributed by atoms with van der Waals surface area (Å²) in [7, 11) is 2.00. The van der Waals surface area contributed by atoms with Crippen LogP contribution in [0.25, 0.3) is 0 Å². The SMILES string of the molecule is CNCCCC1CCN(C(C)=O)CC1. The van der Waals surface area contributed by atoms with Crippen molar-refractivity contribution in [2.24, 2.45) is 5.92 Å². The zero-order valence-electron chi connectivity index (χ0n) is 9.38. The molecule has 1 amide bonds. The van der Waals surface area contributed by atoms with Crippen LogP contribution in [-0.4, -0.2) is 37.5 Å². The average molecular weight is 198 g/mol. The van der Waals surface area contributed by atoms with Gasteiger partial charge in [0.1, 0.15) is 0 Å². The Kier molecular flexibility index (Phi) is 4.94. The van der Waals surface area contributed by atoms with E-state index in [9.17, 15) is 4.79 Å². The van der Waals surface area contributed by atoms with E-state index < -0.39 is 0 Å². The normalized spacial score (nSPS) is 18.6. The first-order chi connectivity index (χ1) is 6.74. The third kappa shape index (κ3) is 3.66. The van der Waals surface area contributed by atoms with E-state index in [1.165, 1.54) is 25.7 Å². The summed E-state index contributed by atoms with van der Waals surface area (Å²) < 4.78 is 0. The summed E-state index contributed by atoms with van der Waals surface area (Å²) in [6.45, 7) is 4.73. The van der Waals surface area contributed by atoms with Crippen LogP contribution < -0.4 is 5.32 Å². The van der Waals surface area contributed by atoms with Gasteiger partial charge in [0.15, 0.2) is 0 Å². The van der Waals surface area contributed by atoms with Gasteiger partial charge in [0.2, 0.25) is 5.91 Å². The molecule has 0 aromatic heterocycles. The van der Waals surface area contributed by atoms with Gasteiger partial charge in [0.05, 0.1) is 0 Å². The second-order valence-corrected chi connectivity index (χ2v) is 4.20. The van der Waals surface area contributed by atoms with Crippen LogP contribution in [0.5, 0.6) is 0 Å². The minimum Gasteiger partial charge on any atom is -0.343 e. The van der Waals surface area contributed by atoms with Gasteiger partial charge in [-0.05, 0) is 45.2 Å². The van der Waals surface area contributed by atoms with Crippen LogP contribution in [-0.2, 0) is 4.79 Å². The van der Waals surface area contributed by atoms with Gasteiger partial charge in [-0.15, -0.1) is 0 Å². The lowest BCUT2D eigenvalue weighted by Gasteiger charge is -2.31. The summed E-state index contributed by atoms with van der Waals surface area (Å²) in [5.41, 5.74) is 0. The van der Waals surface area contributed by atoms with Crippen LogP contribution in [0.1, 0.15) is 32.6 Å². The van der Waals surface area contributed by atoms with Crippen molar-refractivity contribution in [3.8, 4) is 0 Å². The molecule has 1 heterocycles. The second-order valence-electron chi connectivity index (χ2n) is 4.20. The molecule has 0 radical (unpaired) electrons. The highest BCUT2D eigenvalue weighted by Gasteiger charge is 2.19. The lowest BCUT2D eigenvalue weighted by atomic mass is 9.92. The summed E-state index contributed by atoms with van der Waals surface area (Å²) in [5, 5.41) is 3.17. The fraction of sp³-hybridized carbons (Fsp3) is 0.909. The average Bonchev–Trinajstić information content (AvgIpc) is 2.19. The van der Waals surface area contributed by atoms with Crippen molar-refractivity contribution in [2.45, 2.75) is 32.6 Å². The summed E-state index contributed by atoms with van der Waals surface area (Å²) in [6, 6.07) is 0. The first-order valence-corrected chi connectivity index (χ1v) is 5.64. The Balaban J connectivity index is 2.12. The van der Waals surface area contributed by atoms with Crippen LogP contribution >= 0.6 is 0 Å². The highest BCUT2D eigenvalue weighted by molar-refractivity contribution is 5.73. The second kappa shape index (κ2) is 6.02. The molecule has 1 N–H and O–H groups in total. The topological polar surface area (TPSA) is 32.3 Å². The summed E-state index contributed by atoms with van der Waals surface area (Å²) in [4.78, 5) is 13.0. The number of carbonyl (C=O) groups excluding carboxylic acids is 1. The Morgan fingerprint density at radius 3 is 2.57 bits per heavy atom. The first kappa shape index (κ1) is 11.5. The monoisotopic (exact) mass is 198 g/mol. The van der Waals surface area contributed by atoms with E-state index in [0.29, 0.717) is 0 Å². The Labute approximate surface area is 86.9 Å². The molecule has 14 heavy (non-hydrogen) atoms. The van der Waals surface area contributed by atoms with Crippen molar-refractivity contribution in [3.63, 3.8) is 0 Å². The highest BCUT2D eigenvalue weighted by atomic mass is 16.2. The van der Waals surface area contributed by atoms with Gasteiger partial charge in [-0.1, -0.05) is 0 Å². The molecule has 3 nitrogen and oxygen atoms in total. The van der Waals surface area contributed by atoms with Crippen molar-refractivity contribution < 1.29 is 4.79 Å². The number of carbonyl (C=O) groups is 1. The number of nitrogens with one attached hydrogen (secondary N) is 1. The van der Waals surface area contributed by atoms with E-state index in [1.807, 2.05) is 11.9 Å². The van der Waals surface area contributed by atoms with Gasteiger partial charge < -0.3 is 10.2 Å². The lowest BCUT2D eigenvalue weighted by molar-refractivity contribution is -0.130. The predicted octanol–water partition coefficient (Wildman–Crippen LogP) is 1.24. The molecule has 0 atom stereocenters. The predicted molar refractivity (Wildman–Crippen MR) is 58.1 cm³/mol. The van der Waals surface area contributed by atoms with Crippen LogP contribution in [0.4, 0.5) is 0 Å². The van der Waals surface area contributed by atoms with Crippen LogP contribution in [0.3, 0.4) is 0 Å². The van der Waals surface area contributed by atoms with Gasteiger partial charge in [-0.25, -0.2) is 0 Å². The zero-order chi connectivity index (χ0) is 10.4. The van der Waals surface area contributed by atoms with Gasteiger partial charge in [0, 0.05) is 20.0 Å². The molecule has 0 aromatic carbocycles. The summed E-state index contributed by atoms with van der Waals surface area (Å²) >= 11 is 0. The number of rotatable bonds is 4. The lowest BCUT2D eigenvalue weighted by Crippen LogP contribution is -2.37. The molecule has 0 spiro atoms. The maximum atomic E-state index is 11.1. The minimum atomic E-state index is 0.235. The maximum absolute atomic E-state index is 11.1. The Hall–Kier alpha value is -0.570. The van der Waals surface area contributed by atoms with Gasteiger partial charge in [-0.3, -0.25) is 4.79 Å². The van der Waals surface area contributed by atoms with Crippen molar-refractivity contribution in [1.82, 2.24) is 10.2 Å². The van der Waals surface area contributed by atoms with Crippen LogP contribution in [0.15, 0.2) is 0 Å². The highest BCUT2D eigenvalue weighted by Crippen LogP contribution is 2.21. The standard InChI is InChI=1S/C11H22N2O/c1-10(14)13-8-5-11(6-9-13)4-3-7-12-2/h11-12H,3-9H2,1-2H3. The number of nitrogens with zero attached hydrogens (tertiary/aromatic N) is 1.